The number of anilines is 1. The molecule has 3 heterocycles. The van der Waals surface area contributed by atoms with E-state index in [4.69, 9.17) is 9.47 Å². The van der Waals surface area contributed by atoms with E-state index in [1.165, 1.54) is 36.2 Å². The number of pyridine rings is 1. The van der Waals surface area contributed by atoms with E-state index in [0.717, 1.165) is 4.47 Å². The molecule has 2 aliphatic rings. The fraction of sp³-hybridized carbons (Fsp3) is 0.391. The van der Waals surface area contributed by atoms with Gasteiger partial charge in [-0.25, -0.2) is 19.2 Å². The molecule has 180 valence electrons. The van der Waals surface area contributed by atoms with Crippen LogP contribution >= 0.6 is 27.7 Å². The molecule has 0 aliphatic carbocycles. The van der Waals surface area contributed by atoms with E-state index in [2.05, 4.69) is 36.5 Å². The number of nitrogens with one attached hydrogen (secondary N) is 2. The molecule has 0 saturated carbocycles. The minimum Gasteiger partial charge on any atom is -0.444 e. The minimum atomic E-state index is -1.31. The molecule has 2 aliphatic heterocycles. The van der Waals surface area contributed by atoms with E-state index in [0.29, 0.717) is 29.6 Å². The molecule has 34 heavy (non-hydrogen) atoms. The van der Waals surface area contributed by atoms with Crippen molar-refractivity contribution in [3.63, 3.8) is 0 Å². The summed E-state index contributed by atoms with van der Waals surface area (Å²) in [6.07, 6.45) is 1.57. The van der Waals surface area contributed by atoms with Crippen LogP contribution in [-0.2, 0) is 15.2 Å². The Morgan fingerprint density at radius 3 is 2.76 bits per heavy atom. The molecule has 8 nitrogen and oxygen atoms in total. The number of hydrogen-bond donors (Lipinski definition) is 2. The number of alkyl carbamates (subject to hydrolysis) is 1. The van der Waals surface area contributed by atoms with Gasteiger partial charge in [-0.15, -0.1) is 0 Å². The van der Waals surface area contributed by atoms with Crippen LogP contribution in [0.4, 0.5) is 14.9 Å². The van der Waals surface area contributed by atoms with E-state index in [1.54, 1.807) is 32.9 Å². The molecule has 0 spiro atoms. The molecular weight excluding hydrogens is 527 g/mol. The van der Waals surface area contributed by atoms with Crippen molar-refractivity contribution in [3.05, 3.63) is 58.1 Å². The van der Waals surface area contributed by atoms with Crippen LogP contribution in [0.1, 0.15) is 43.2 Å². The van der Waals surface area contributed by atoms with Crippen LogP contribution in [0.25, 0.3) is 0 Å². The van der Waals surface area contributed by atoms with Gasteiger partial charge in [-0.1, -0.05) is 11.8 Å². The summed E-state index contributed by atoms with van der Waals surface area (Å²) < 4.78 is 27.2. The smallest absolute Gasteiger partial charge is 0.413 e. The number of carbonyl (C=O) groups excluding carboxylic acids is 2. The third-order valence-electron chi connectivity index (χ3n) is 5.21. The Balaban J connectivity index is 1.62. The predicted octanol–water partition coefficient (Wildman–Crippen LogP) is 5.05. The quantitative estimate of drug-likeness (QED) is 0.554. The molecule has 1 aromatic carbocycles. The fourth-order valence-electron chi connectivity index (χ4n) is 3.75. The Bertz CT molecular complexity index is 1140. The molecule has 1 fully saturated rings. The van der Waals surface area contributed by atoms with Gasteiger partial charge in [0.15, 0.2) is 10.9 Å². The number of nitrogens with zero attached hydrogens (tertiary/aromatic N) is 2. The number of amides is 2. The Kier molecular flexibility index (Phi) is 6.97. The highest BCUT2D eigenvalue weighted by Gasteiger charge is 2.50. The van der Waals surface area contributed by atoms with Crippen molar-refractivity contribution in [2.24, 2.45) is 10.9 Å². The van der Waals surface area contributed by atoms with Crippen molar-refractivity contribution in [1.29, 1.82) is 0 Å². The van der Waals surface area contributed by atoms with Crippen molar-refractivity contribution >= 4 is 50.5 Å². The van der Waals surface area contributed by atoms with Gasteiger partial charge in [-0.3, -0.25) is 10.1 Å². The monoisotopic (exact) mass is 550 g/mol. The zero-order valence-corrected chi connectivity index (χ0v) is 21.3. The number of rotatable bonds is 3. The lowest BCUT2D eigenvalue weighted by atomic mass is 9.89. The summed E-state index contributed by atoms with van der Waals surface area (Å²) in [7, 11) is 0. The Morgan fingerprint density at radius 2 is 2.06 bits per heavy atom. The first-order chi connectivity index (χ1) is 16.1. The second kappa shape index (κ2) is 9.63. The SMILES string of the molecule is CC(C)(C)OC(=O)NC1=N[C@]2(c3cc(NC(=O)c4ccc(Br)cn4)ccc3F)OCC[C@@H]2CS1. The van der Waals surface area contributed by atoms with Crippen LogP contribution in [0.2, 0.25) is 0 Å². The number of amidine groups is 1. The summed E-state index contributed by atoms with van der Waals surface area (Å²) >= 11 is 4.64. The van der Waals surface area contributed by atoms with Gasteiger partial charge in [0.25, 0.3) is 5.91 Å². The highest BCUT2D eigenvalue weighted by molar-refractivity contribution is 9.10. The lowest BCUT2D eigenvalue weighted by Crippen LogP contribution is -2.42. The number of fused-ring (bicyclic) bond motifs is 1. The van der Waals surface area contributed by atoms with Crippen molar-refractivity contribution in [1.82, 2.24) is 10.3 Å². The lowest BCUT2D eigenvalue weighted by molar-refractivity contribution is -0.0173. The van der Waals surface area contributed by atoms with Crippen LogP contribution in [0.3, 0.4) is 0 Å². The summed E-state index contributed by atoms with van der Waals surface area (Å²) in [6.45, 7) is 5.68. The molecule has 2 amide bonds. The number of hydrogen-bond acceptors (Lipinski definition) is 7. The van der Waals surface area contributed by atoms with Gasteiger partial charge in [-0.2, -0.15) is 0 Å². The van der Waals surface area contributed by atoms with Crippen LogP contribution in [-0.4, -0.2) is 40.1 Å². The fourth-order valence-corrected chi connectivity index (χ4v) is 5.09. The molecule has 0 radical (unpaired) electrons. The third-order valence-corrected chi connectivity index (χ3v) is 6.71. The number of ether oxygens (including phenoxy) is 2. The number of halogens is 2. The molecule has 1 aromatic heterocycles. The van der Waals surface area contributed by atoms with Gasteiger partial charge in [0.05, 0.1) is 6.61 Å². The van der Waals surface area contributed by atoms with Gasteiger partial charge < -0.3 is 14.8 Å². The summed E-state index contributed by atoms with van der Waals surface area (Å²) in [6, 6.07) is 7.55. The molecule has 2 atom stereocenters. The standard InChI is InChI=1S/C23H24BrFN4O4S/c1-22(2,3)33-21(31)28-20-29-23(13(12-34-20)8-9-32-23)16-10-15(5-6-17(16)25)27-19(30)18-7-4-14(24)11-26-18/h4-7,10-11,13H,8-9,12H2,1-3H3,(H,27,30)(H,28,29,31)/t13-,23+/m1/s1. The average Bonchev–Trinajstić information content (AvgIpc) is 3.18. The number of carbonyl (C=O) groups is 2. The summed E-state index contributed by atoms with van der Waals surface area (Å²) in [5.41, 5.74) is -1.18. The van der Waals surface area contributed by atoms with E-state index in [1.807, 2.05) is 0 Å². The first-order valence-electron chi connectivity index (χ1n) is 10.7. The average molecular weight is 551 g/mol. The van der Waals surface area contributed by atoms with Crippen molar-refractivity contribution < 1.29 is 23.5 Å². The summed E-state index contributed by atoms with van der Waals surface area (Å²) in [4.78, 5) is 33.6. The van der Waals surface area contributed by atoms with Gasteiger partial charge >= 0.3 is 6.09 Å². The molecule has 4 rings (SSSR count). The van der Waals surface area contributed by atoms with Crippen molar-refractivity contribution in [2.45, 2.75) is 38.5 Å². The largest absolute Gasteiger partial charge is 0.444 e. The first-order valence-corrected chi connectivity index (χ1v) is 12.4. The maximum Gasteiger partial charge on any atom is 0.413 e. The van der Waals surface area contributed by atoms with Crippen LogP contribution in [0.15, 0.2) is 46.0 Å². The molecule has 0 bridgehead atoms. The Hall–Kier alpha value is -2.50. The Labute approximate surface area is 209 Å². The molecule has 2 aromatic rings. The van der Waals surface area contributed by atoms with Crippen LogP contribution < -0.4 is 10.6 Å². The maximum atomic E-state index is 15.1. The predicted molar refractivity (Wildman–Crippen MR) is 131 cm³/mol. The summed E-state index contributed by atoms with van der Waals surface area (Å²) in [5.74, 6) is -0.469. The molecule has 1 saturated heterocycles. The van der Waals surface area contributed by atoms with Gasteiger partial charge in [-0.05, 0) is 73.5 Å². The topological polar surface area (TPSA) is 102 Å². The van der Waals surface area contributed by atoms with E-state index >= 15 is 4.39 Å². The van der Waals surface area contributed by atoms with Gasteiger partial charge in [0, 0.05) is 33.6 Å². The van der Waals surface area contributed by atoms with Crippen molar-refractivity contribution in [3.8, 4) is 0 Å². The highest BCUT2D eigenvalue weighted by atomic mass is 79.9. The first kappa shape index (κ1) is 24.6. The van der Waals surface area contributed by atoms with Crippen molar-refractivity contribution in [2.75, 3.05) is 17.7 Å². The zero-order valence-electron chi connectivity index (χ0n) is 18.9. The number of thioether (sulfide) groups is 1. The molecule has 11 heteroatoms. The third kappa shape index (κ3) is 5.42. The maximum absolute atomic E-state index is 15.1. The minimum absolute atomic E-state index is 0.102. The normalized spacial score (nSPS) is 21.9. The van der Waals surface area contributed by atoms with Gasteiger partial charge in [0.2, 0.25) is 0 Å². The molecule has 0 unspecified atom stereocenters. The van der Waals surface area contributed by atoms with Crippen LogP contribution in [0.5, 0.6) is 0 Å². The highest BCUT2D eigenvalue weighted by Crippen LogP contribution is 2.48. The van der Waals surface area contributed by atoms with E-state index in [9.17, 15) is 9.59 Å². The second-order valence-electron chi connectivity index (χ2n) is 8.90. The molecular formula is C23H24BrFN4O4S. The summed E-state index contributed by atoms with van der Waals surface area (Å²) in [5, 5.41) is 5.68. The lowest BCUT2D eigenvalue weighted by Gasteiger charge is -2.35. The van der Waals surface area contributed by atoms with E-state index < -0.39 is 29.1 Å². The number of aromatic nitrogens is 1. The number of aliphatic imine (C=N–C) groups is 1. The van der Waals surface area contributed by atoms with E-state index in [-0.39, 0.29) is 17.2 Å². The van der Waals surface area contributed by atoms with Crippen LogP contribution in [0, 0.1) is 11.7 Å². The Morgan fingerprint density at radius 1 is 1.26 bits per heavy atom. The number of benzene rings is 1. The second-order valence-corrected chi connectivity index (χ2v) is 10.8. The molecule has 2 N–H and O–H groups in total. The van der Waals surface area contributed by atoms with Gasteiger partial charge in [0.1, 0.15) is 17.1 Å². The zero-order chi connectivity index (χ0) is 24.5.